The summed E-state index contributed by atoms with van der Waals surface area (Å²) < 4.78 is 15.0. The summed E-state index contributed by atoms with van der Waals surface area (Å²) in [6, 6.07) is 15.2. The normalized spacial score (nSPS) is 10.4. The van der Waals surface area contributed by atoms with Gasteiger partial charge in [-0.25, -0.2) is 9.18 Å². The van der Waals surface area contributed by atoms with Crippen LogP contribution in [0.2, 0.25) is 0 Å². The number of nitrogens with zero attached hydrogens (tertiary/aromatic N) is 2. The van der Waals surface area contributed by atoms with Gasteiger partial charge in [0.05, 0.1) is 18.2 Å². The molecule has 2 amide bonds. The molecule has 3 aromatic rings. The third-order valence-corrected chi connectivity index (χ3v) is 6.09. The van der Waals surface area contributed by atoms with Crippen LogP contribution in [0.3, 0.4) is 0 Å². The summed E-state index contributed by atoms with van der Waals surface area (Å²) in [5.41, 5.74) is 2.41. The van der Waals surface area contributed by atoms with E-state index in [-0.39, 0.29) is 6.54 Å². The number of nitrogens with one attached hydrogen (secondary N) is 1. The average molecular weight is 436 g/mol. The molecule has 0 bridgehead atoms. The maximum absolute atomic E-state index is 15.0. The van der Waals surface area contributed by atoms with E-state index in [2.05, 4.69) is 11.4 Å². The van der Waals surface area contributed by atoms with Crippen LogP contribution in [0.5, 0.6) is 0 Å². The van der Waals surface area contributed by atoms with E-state index >= 15 is 4.39 Å². The van der Waals surface area contributed by atoms with E-state index in [1.807, 2.05) is 6.92 Å². The van der Waals surface area contributed by atoms with Crippen molar-refractivity contribution in [3.8, 4) is 17.2 Å². The monoisotopic (exact) mass is 435 g/mol. The van der Waals surface area contributed by atoms with Gasteiger partial charge in [0.1, 0.15) is 10.8 Å². The number of hydrogen-bond acceptors (Lipinski definition) is 4. The molecule has 1 aromatic heterocycles. The first kappa shape index (κ1) is 22.2. The molecule has 0 radical (unpaired) electrons. The van der Waals surface area contributed by atoms with Crippen molar-refractivity contribution in [2.45, 2.75) is 26.3 Å². The minimum Gasteiger partial charge on any atom is -0.341 e. The van der Waals surface area contributed by atoms with E-state index in [1.54, 1.807) is 42.5 Å². The number of benzene rings is 2. The zero-order chi connectivity index (χ0) is 22.4. The highest BCUT2D eigenvalue weighted by molar-refractivity contribution is 7.16. The Morgan fingerprint density at radius 1 is 1.26 bits per heavy atom. The van der Waals surface area contributed by atoms with Crippen molar-refractivity contribution in [3.63, 3.8) is 0 Å². The molecule has 0 saturated carbocycles. The fourth-order valence-electron chi connectivity index (χ4n) is 3.33. The summed E-state index contributed by atoms with van der Waals surface area (Å²) >= 11 is 1.37. The van der Waals surface area contributed by atoms with Crippen LogP contribution in [0.25, 0.3) is 11.1 Å². The summed E-state index contributed by atoms with van der Waals surface area (Å²) in [5.74, 6) is -0.489. The number of aryl methyl sites for hydroxylation is 1. The number of carbonyl (C=O) groups excluding carboxylic acids is 2. The van der Waals surface area contributed by atoms with Gasteiger partial charge in [0, 0.05) is 23.1 Å². The maximum Gasteiger partial charge on any atom is 0.322 e. The van der Waals surface area contributed by atoms with Gasteiger partial charge in [0.2, 0.25) is 0 Å². The van der Waals surface area contributed by atoms with Gasteiger partial charge in [0.25, 0.3) is 0 Å². The number of amides is 2. The summed E-state index contributed by atoms with van der Waals surface area (Å²) in [6.07, 6.45) is 2.44. The lowest BCUT2D eigenvalue weighted by atomic mass is 9.99. The van der Waals surface area contributed by atoms with Crippen molar-refractivity contribution in [1.29, 1.82) is 5.26 Å². The molecule has 0 fully saturated rings. The van der Waals surface area contributed by atoms with Gasteiger partial charge in [-0.05, 0) is 35.7 Å². The number of anilines is 1. The van der Waals surface area contributed by atoms with Gasteiger partial charge in [-0.15, -0.1) is 11.3 Å². The fourth-order valence-corrected chi connectivity index (χ4v) is 4.55. The van der Waals surface area contributed by atoms with Crippen LogP contribution < -0.4 is 10.2 Å². The van der Waals surface area contributed by atoms with Crippen LogP contribution in [0, 0.1) is 17.1 Å². The lowest BCUT2D eigenvalue weighted by molar-refractivity contribution is 0.112. The van der Waals surface area contributed by atoms with Crippen LogP contribution >= 0.6 is 11.3 Å². The van der Waals surface area contributed by atoms with Crippen LogP contribution in [0.1, 0.15) is 39.7 Å². The van der Waals surface area contributed by atoms with E-state index in [0.29, 0.717) is 32.8 Å². The second-order valence-electron chi connectivity index (χ2n) is 6.95. The highest BCUT2D eigenvalue weighted by atomic mass is 32.1. The van der Waals surface area contributed by atoms with Crippen LogP contribution in [-0.4, -0.2) is 19.4 Å². The topological polar surface area (TPSA) is 73.2 Å². The molecule has 31 heavy (non-hydrogen) atoms. The standard InChI is InChI=1S/C24H22FN3O2S/c1-3-6-20-11-19(15-29)23(31-20)28(24(30)27-2)14-18-10-9-16(12-22(18)25)21-8-5-4-7-17(21)13-26/h4-5,7-12,15H,3,6,14H2,1-2H3,(H,27,30). The highest BCUT2D eigenvalue weighted by Crippen LogP contribution is 2.33. The predicted octanol–water partition coefficient (Wildman–Crippen LogP) is 5.54. The zero-order valence-corrected chi connectivity index (χ0v) is 18.1. The Morgan fingerprint density at radius 3 is 2.68 bits per heavy atom. The molecule has 0 spiro atoms. The van der Waals surface area contributed by atoms with E-state index in [4.69, 9.17) is 0 Å². The lowest BCUT2D eigenvalue weighted by Gasteiger charge is -2.22. The van der Waals surface area contributed by atoms with E-state index in [1.165, 1.54) is 29.4 Å². The Balaban J connectivity index is 1.97. The number of carbonyl (C=O) groups is 2. The Bertz CT molecular complexity index is 1150. The summed E-state index contributed by atoms with van der Waals surface area (Å²) in [7, 11) is 1.49. The molecule has 0 aliphatic rings. The third-order valence-electron chi connectivity index (χ3n) is 4.86. The molecule has 0 aliphatic heterocycles. The van der Waals surface area contributed by atoms with Gasteiger partial charge >= 0.3 is 6.03 Å². The first-order valence-corrected chi connectivity index (χ1v) is 10.7. The molecule has 2 aromatic carbocycles. The third kappa shape index (κ3) is 4.81. The molecule has 5 nitrogen and oxygen atoms in total. The Morgan fingerprint density at radius 2 is 2.03 bits per heavy atom. The molecule has 1 N–H and O–H groups in total. The zero-order valence-electron chi connectivity index (χ0n) is 17.3. The minimum absolute atomic E-state index is 0.0292. The second kappa shape index (κ2) is 10.0. The Labute approximate surface area is 184 Å². The van der Waals surface area contributed by atoms with Gasteiger partial charge < -0.3 is 5.32 Å². The fraction of sp³-hybridized carbons (Fsp3) is 0.208. The predicted molar refractivity (Wildman–Crippen MR) is 121 cm³/mol. The van der Waals surface area contributed by atoms with Gasteiger partial charge in [-0.3, -0.25) is 9.69 Å². The number of rotatable bonds is 7. The number of thiophene rings is 1. The van der Waals surface area contributed by atoms with Crippen molar-refractivity contribution in [3.05, 3.63) is 75.9 Å². The summed E-state index contributed by atoms with van der Waals surface area (Å²) in [5, 5.41) is 12.4. The summed E-state index contributed by atoms with van der Waals surface area (Å²) in [4.78, 5) is 26.6. The van der Waals surface area contributed by atoms with Crippen molar-refractivity contribution in [1.82, 2.24) is 5.32 Å². The number of urea groups is 1. The molecule has 0 aliphatic carbocycles. The maximum atomic E-state index is 15.0. The number of halogens is 1. The van der Waals surface area contributed by atoms with Crippen molar-refractivity contribution in [2.24, 2.45) is 0 Å². The number of aldehydes is 1. The van der Waals surface area contributed by atoms with Crippen LogP contribution in [0.15, 0.2) is 48.5 Å². The molecule has 3 rings (SSSR count). The molecule has 0 unspecified atom stereocenters. The molecular weight excluding hydrogens is 413 g/mol. The largest absolute Gasteiger partial charge is 0.341 e. The molecule has 1 heterocycles. The van der Waals surface area contributed by atoms with Crippen molar-refractivity contribution in [2.75, 3.05) is 11.9 Å². The van der Waals surface area contributed by atoms with E-state index < -0.39 is 11.8 Å². The molecular formula is C24H22FN3O2S. The molecule has 7 heteroatoms. The first-order chi connectivity index (χ1) is 15.0. The van der Waals surface area contributed by atoms with Crippen molar-refractivity contribution >= 4 is 28.7 Å². The summed E-state index contributed by atoms with van der Waals surface area (Å²) in [6.45, 7) is 2.01. The van der Waals surface area contributed by atoms with Crippen LogP contribution in [-0.2, 0) is 13.0 Å². The quantitative estimate of drug-likeness (QED) is 0.496. The van der Waals surface area contributed by atoms with Crippen molar-refractivity contribution < 1.29 is 14.0 Å². The first-order valence-electron chi connectivity index (χ1n) is 9.87. The van der Waals surface area contributed by atoms with E-state index in [0.717, 1.165) is 24.0 Å². The second-order valence-corrected chi connectivity index (χ2v) is 8.06. The van der Waals surface area contributed by atoms with Gasteiger partial charge in [-0.1, -0.05) is 43.7 Å². The smallest absolute Gasteiger partial charge is 0.322 e. The highest BCUT2D eigenvalue weighted by Gasteiger charge is 2.22. The molecule has 0 atom stereocenters. The molecule has 158 valence electrons. The Hall–Kier alpha value is -3.50. The van der Waals surface area contributed by atoms with Gasteiger partial charge in [0.15, 0.2) is 6.29 Å². The minimum atomic E-state index is -0.489. The number of nitriles is 1. The van der Waals surface area contributed by atoms with Crippen LogP contribution in [0.4, 0.5) is 14.2 Å². The van der Waals surface area contributed by atoms with E-state index in [9.17, 15) is 14.9 Å². The average Bonchev–Trinajstić information content (AvgIpc) is 3.20. The number of hydrogen-bond donors (Lipinski definition) is 1. The van der Waals surface area contributed by atoms with Gasteiger partial charge in [-0.2, -0.15) is 5.26 Å². The lowest BCUT2D eigenvalue weighted by Crippen LogP contribution is -2.37. The SMILES string of the molecule is CCCc1cc(C=O)c(N(Cc2ccc(-c3ccccc3C#N)cc2F)C(=O)NC)s1. The Kier molecular flexibility index (Phi) is 7.16. The molecule has 0 saturated heterocycles.